The second-order valence-electron chi connectivity index (χ2n) is 4.00. The van der Waals surface area contributed by atoms with Gasteiger partial charge in [0.1, 0.15) is 0 Å². The Morgan fingerprint density at radius 2 is 2.23 bits per heavy atom. The summed E-state index contributed by atoms with van der Waals surface area (Å²) in [5.74, 6) is 1.61. The minimum absolute atomic E-state index is 0.113. The Bertz CT molecular complexity index is 170. The van der Waals surface area contributed by atoms with Crippen LogP contribution in [0.25, 0.3) is 0 Å². The SMILES string of the molecule is CNCC(=O)NCC1CCCC1C. The lowest BCUT2D eigenvalue weighted by Crippen LogP contribution is -2.35. The molecule has 1 amide bonds. The standard InChI is InChI=1S/C10H20N2O/c1-8-4-3-5-9(8)6-12-10(13)7-11-2/h8-9,11H,3-7H2,1-2H3,(H,12,13). The van der Waals surface area contributed by atoms with Crippen molar-refractivity contribution in [3.8, 4) is 0 Å². The Balaban J connectivity index is 2.14. The van der Waals surface area contributed by atoms with Gasteiger partial charge in [-0.25, -0.2) is 0 Å². The molecule has 1 aliphatic rings. The first-order valence-corrected chi connectivity index (χ1v) is 5.15. The molecular weight excluding hydrogens is 164 g/mol. The molecule has 1 aliphatic carbocycles. The van der Waals surface area contributed by atoms with Crippen LogP contribution in [0.4, 0.5) is 0 Å². The maximum atomic E-state index is 11.1. The van der Waals surface area contributed by atoms with Gasteiger partial charge in [0, 0.05) is 6.54 Å². The molecule has 0 bridgehead atoms. The van der Waals surface area contributed by atoms with Crippen LogP contribution in [0.5, 0.6) is 0 Å². The van der Waals surface area contributed by atoms with Crippen molar-refractivity contribution in [2.75, 3.05) is 20.1 Å². The molecule has 0 aromatic heterocycles. The van der Waals surface area contributed by atoms with Crippen LogP contribution in [0, 0.1) is 11.8 Å². The molecule has 2 N–H and O–H groups in total. The van der Waals surface area contributed by atoms with Crippen LogP contribution in [-0.2, 0) is 4.79 Å². The lowest BCUT2D eigenvalue weighted by molar-refractivity contribution is -0.120. The number of carbonyl (C=O) groups excluding carboxylic acids is 1. The number of likely N-dealkylation sites (N-methyl/N-ethyl adjacent to an activating group) is 1. The number of amides is 1. The van der Waals surface area contributed by atoms with Crippen molar-refractivity contribution in [1.29, 1.82) is 0 Å². The molecule has 0 aliphatic heterocycles. The van der Waals surface area contributed by atoms with Crippen molar-refractivity contribution in [1.82, 2.24) is 10.6 Å². The normalized spacial score (nSPS) is 27.5. The van der Waals surface area contributed by atoms with Crippen LogP contribution >= 0.6 is 0 Å². The lowest BCUT2D eigenvalue weighted by Gasteiger charge is -2.15. The average Bonchev–Trinajstić information content (AvgIpc) is 2.48. The molecule has 0 aromatic carbocycles. The summed E-state index contributed by atoms with van der Waals surface area (Å²) >= 11 is 0. The third-order valence-corrected chi connectivity index (χ3v) is 2.94. The van der Waals surface area contributed by atoms with Gasteiger partial charge in [0.2, 0.25) is 5.91 Å². The molecule has 3 nitrogen and oxygen atoms in total. The molecule has 13 heavy (non-hydrogen) atoms. The van der Waals surface area contributed by atoms with Crippen LogP contribution in [0.15, 0.2) is 0 Å². The lowest BCUT2D eigenvalue weighted by atomic mass is 9.98. The van der Waals surface area contributed by atoms with Gasteiger partial charge in [-0.05, 0) is 25.3 Å². The number of carbonyl (C=O) groups is 1. The molecule has 0 spiro atoms. The van der Waals surface area contributed by atoms with Gasteiger partial charge in [0.25, 0.3) is 0 Å². The number of nitrogens with one attached hydrogen (secondary N) is 2. The van der Waals surface area contributed by atoms with E-state index in [1.165, 1.54) is 19.3 Å². The van der Waals surface area contributed by atoms with E-state index in [-0.39, 0.29) is 5.91 Å². The van der Waals surface area contributed by atoms with Crippen molar-refractivity contribution in [2.45, 2.75) is 26.2 Å². The van der Waals surface area contributed by atoms with Crippen LogP contribution in [0.3, 0.4) is 0 Å². The highest BCUT2D eigenvalue weighted by Gasteiger charge is 2.23. The van der Waals surface area contributed by atoms with Crippen molar-refractivity contribution < 1.29 is 4.79 Å². The maximum Gasteiger partial charge on any atom is 0.233 e. The zero-order valence-electron chi connectivity index (χ0n) is 8.60. The zero-order chi connectivity index (χ0) is 9.68. The Kier molecular flexibility index (Phi) is 4.22. The Labute approximate surface area is 80.3 Å². The van der Waals surface area contributed by atoms with Crippen LogP contribution < -0.4 is 10.6 Å². The highest BCUT2D eigenvalue weighted by molar-refractivity contribution is 5.77. The summed E-state index contributed by atoms with van der Waals surface area (Å²) in [7, 11) is 1.79. The van der Waals surface area contributed by atoms with E-state index in [1.54, 1.807) is 7.05 Å². The maximum absolute atomic E-state index is 11.1. The number of rotatable bonds is 4. The van der Waals surface area contributed by atoms with Crippen molar-refractivity contribution >= 4 is 5.91 Å². The van der Waals surface area contributed by atoms with E-state index in [2.05, 4.69) is 17.6 Å². The molecule has 76 valence electrons. The van der Waals surface area contributed by atoms with Crippen molar-refractivity contribution in [2.24, 2.45) is 11.8 Å². The van der Waals surface area contributed by atoms with Gasteiger partial charge in [-0.1, -0.05) is 19.8 Å². The third kappa shape index (κ3) is 3.35. The Morgan fingerprint density at radius 3 is 2.77 bits per heavy atom. The average molecular weight is 184 g/mol. The summed E-state index contributed by atoms with van der Waals surface area (Å²) < 4.78 is 0. The largest absolute Gasteiger partial charge is 0.355 e. The van der Waals surface area contributed by atoms with E-state index in [1.807, 2.05) is 0 Å². The first kappa shape index (κ1) is 10.5. The first-order chi connectivity index (χ1) is 6.24. The van der Waals surface area contributed by atoms with E-state index in [4.69, 9.17) is 0 Å². The summed E-state index contributed by atoms with van der Waals surface area (Å²) in [6.07, 6.45) is 3.93. The van der Waals surface area contributed by atoms with Gasteiger partial charge in [-0.2, -0.15) is 0 Å². The number of hydrogen-bond acceptors (Lipinski definition) is 2. The molecule has 0 heterocycles. The molecule has 1 fully saturated rings. The zero-order valence-corrected chi connectivity index (χ0v) is 8.60. The molecule has 0 aromatic rings. The molecule has 2 unspecified atom stereocenters. The van der Waals surface area contributed by atoms with E-state index in [9.17, 15) is 4.79 Å². The number of hydrogen-bond donors (Lipinski definition) is 2. The first-order valence-electron chi connectivity index (χ1n) is 5.15. The van der Waals surface area contributed by atoms with E-state index < -0.39 is 0 Å². The monoisotopic (exact) mass is 184 g/mol. The minimum Gasteiger partial charge on any atom is -0.355 e. The quantitative estimate of drug-likeness (QED) is 0.677. The smallest absolute Gasteiger partial charge is 0.233 e. The second kappa shape index (κ2) is 5.22. The summed E-state index contributed by atoms with van der Waals surface area (Å²) in [6.45, 7) is 3.57. The molecular formula is C10H20N2O. The fraction of sp³-hybridized carbons (Fsp3) is 0.900. The topological polar surface area (TPSA) is 41.1 Å². The Hall–Kier alpha value is -0.570. The molecule has 2 atom stereocenters. The minimum atomic E-state index is 0.113. The summed E-state index contributed by atoms with van der Waals surface area (Å²) in [6, 6.07) is 0. The highest BCUT2D eigenvalue weighted by Crippen LogP contribution is 2.30. The molecule has 3 heteroatoms. The van der Waals surface area contributed by atoms with Gasteiger partial charge in [0.15, 0.2) is 0 Å². The molecule has 1 rings (SSSR count). The predicted molar refractivity (Wildman–Crippen MR) is 53.4 cm³/mol. The van der Waals surface area contributed by atoms with Gasteiger partial charge in [0.05, 0.1) is 6.54 Å². The summed E-state index contributed by atoms with van der Waals surface area (Å²) in [5.41, 5.74) is 0. The van der Waals surface area contributed by atoms with Gasteiger partial charge in [-0.3, -0.25) is 4.79 Å². The van der Waals surface area contributed by atoms with Crippen molar-refractivity contribution in [3.05, 3.63) is 0 Å². The highest BCUT2D eigenvalue weighted by atomic mass is 16.1. The van der Waals surface area contributed by atoms with Gasteiger partial charge >= 0.3 is 0 Å². The fourth-order valence-corrected chi connectivity index (χ4v) is 1.99. The third-order valence-electron chi connectivity index (χ3n) is 2.94. The fourth-order valence-electron chi connectivity index (χ4n) is 1.99. The van der Waals surface area contributed by atoms with E-state index in [0.717, 1.165) is 12.5 Å². The Morgan fingerprint density at radius 1 is 1.46 bits per heavy atom. The van der Waals surface area contributed by atoms with E-state index >= 15 is 0 Å². The van der Waals surface area contributed by atoms with E-state index in [0.29, 0.717) is 12.5 Å². The molecule has 1 saturated carbocycles. The summed E-state index contributed by atoms with van der Waals surface area (Å²) in [5, 5.41) is 5.80. The van der Waals surface area contributed by atoms with Crippen molar-refractivity contribution in [3.63, 3.8) is 0 Å². The second-order valence-corrected chi connectivity index (χ2v) is 4.00. The predicted octanol–water partition coefficient (Wildman–Crippen LogP) is 0.758. The van der Waals surface area contributed by atoms with Crippen LogP contribution in [0.1, 0.15) is 26.2 Å². The molecule has 0 saturated heterocycles. The van der Waals surface area contributed by atoms with Gasteiger partial charge < -0.3 is 10.6 Å². The van der Waals surface area contributed by atoms with Crippen LogP contribution in [-0.4, -0.2) is 26.0 Å². The van der Waals surface area contributed by atoms with Gasteiger partial charge in [-0.15, -0.1) is 0 Å². The summed E-state index contributed by atoms with van der Waals surface area (Å²) in [4.78, 5) is 11.1. The molecule has 0 radical (unpaired) electrons. The van der Waals surface area contributed by atoms with Crippen LogP contribution in [0.2, 0.25) is 0 Å².